The number of nitrogens with zero attached hydrogens (tertiary/aromatic N) is 4. The molecule has 29 heavy (non-hydrogen) atoms. The number of nitrogens with two attached hydrogens (primary N) is 1. The van der Waals surface area contributed by atoms with Crippen LogP contribution in [0.25, 0.3) is 11.0 Å². The highest BCUT2D eigenvalue weighted by molar-refractivity contribution is 8.00. The molecule has 2 heterocycles. The van der Waals surface area contributed by atoms with E-state index in [0.29, 0.717) is 12.4 Å². The molecule has 3 N–H and O–H groups in total. The highest BCUT2D eigenvalue weighted by Gasteiger charge is 2.28. The van der Waals surface area contributed by atoms with E-state index < -0.39 is 28.4 Å². The van der Waals surface area contributed by atoms with Crippen LogP contribution >= 0.6 is 11.8 Å². The number of primary amides is 1. The molecule has 0 aliphatic rings. The molecule has 0 saturated carbocycles. The third kappa shape index (κ3) is 4.84. The number of carbonyl (C=O) groups is 2. The van der Waals surface area contributed by atoms with E-state index in [4.69, 9.17) is 5.73 Å². The lowest BCUT2D eigenvalue weighted by molar-refractivity contribution is -0.120. The molecule has 0 aliphatic carbocycles. The van der Waals surface area contributed by atoms with Crippen molar-refractivity contribution in [3.8, 4) is 0 Å². The van der Waals surface area contributed by atoms with Crippen LogP contribution in [-0.2, 0) is 18.4 Å². The van der Waals surface area contributed by atoms with Crippen LogP contribution in [0, 0.1) is 18.8 Å². The van der Waals surface area contributed by atoms with Crippen LogP contribution in [0.4, 0.5) is 4.79 Å². The molecule has 0 aromatic carbocycles. The summed E-state index contributed by atoms with van der Waals surface area (Å²) in [5.74, 6) is -0.253. The number of urea groups is 1. The van der Waals surface area contributed by atoms with Crippen LogP contribution < -0.4 is 22.3 Å². The molecule has 0 fully saturated rings. The van der Waals surface area contributed by atoms with Gasteiger partial charge < -0.3 is 5.73 Å². The molecule has 2 rings (SSSR count). The van der Waals surface area contributed by atoms with Gasteiger partial charge in [-0.05, 0) is 18.8 Å². The van der Waals surface area contributed by atoms with Gasteiger partial charge in [-0.1, -0.05) is 39.5 Å². The van der Waals surface area contributed by atoms with Gasteiger partial charge in [0, 0.05) is 13.6 Å². The quantitative estimate of drug-likeness (QED) is 0.517. The van der Waals surface area contributed by atoms with Crippen molar-refractivity contribution in [3.05, 3.63) is 26.7 Å². The summed E-state index contributed by atoms with van der Waals surface area (Å²) in [7, 11) is 1.40. The minimum Gasteiger partial charge on any atom is -0.351 e. The van der Waals surface area contributed by atoms with Crippen LogP contribution in [0.2, 0.25) is 0 Å². The van der Waals surface area contributed by atoms with E-state index in [1.165, 1.54) is 11.6 Å². The lowest BCUT2D eigenvalue weighted by atomic mass is 10.1. The predicted octanol–water partition coefficient (Wildman–Crippen LogP) is 0.766. The average molecular weight is 423 g/mol. The highest BCUT2D eigenvalue weighted by atomic mass is 32.2. The molecule has 3 amide bonds. The Balaban J connectivity index is 2.75. The Morgan fingerprint density at radius 3 is 2.31 bits per heavy atom. The molecule has 0 radical (unpaired) electrons. The fourth-order valence-corrected chi connectivity index (χ4v) is 4.02. The minimum absolute atomic E-state index is 0.143. The summed E-state index contributed by atoms with van der Waals surface area (Å²) in [6.45, 7) is 9.55. The van der Waals surface area contributed by atoms with Gasteiger partial charge in [0.25, 0.3) is 5.56 Å². The Kier molecular flexibility index (Phi) is 6.83. The van der Waals surface area contributed by atoms with Gasteiger partial charge in [-0.2, -0.15) is 0 Å². The lowest BCUT2D eigenvalue weighted by Gasteiger charge is -2.20. The van der Waals surface area contributed by atoms with Crippen LogP contribution in [-0.4, -0.2) is 36.3 Å². The fourth-order valence-electron chi connectivity index (χ4n) is 2.86. The van der Waals surface area contributed by atoms with Crippen LogP contribution in [0.5, 0.6) is 0 Å². The zero-order chi connectivity index (χ0) is 22.0. The SMILES string of the molecule is Cc1nc(SC(C(=O)NC(N)=O)C(C)C)c2c(=O)n(C)c(=O)n(CC(C)C)c2n1. The van der Waals surface area contributed by atoms with Crippen LogP contribution in [0.15, 0.2) is 14.6 Å². The Labute approximate surface area is 171 Å². The van der Waals surface area contributed by atoms with Crippen molar-refractivity contribution in [2.45, 2.75) is 51.4 Å². The molecular formula is C18H26N6O4S. The number of imide groups is 1. The fraction of sp³-hybridized carbons (Fsp3) is 0.556. The number of carbonyl (C=O) groups excluding carboxylic acids is 2. The van der Waals surface area contributed by atoms with E-state index in [1.807, 2.05) is 13.8 Å². The highest BCUT2D eigenvalue weighted by Crippen LogP contribution is 2.30. The largest absolute Gasteiger partial charge is 0.351 e. The van der Waals surface area contributed by atoms with Crippen molar-refractivity contribution in [1.82, 2.24) is 24.4 Å². The molecule has 0 spiro atoms. The average Bonchev–Trinajstić information content (AvgIpc) is 2.59. The molecule has 2 aromatic rings. The maximum atomic E-state index is 12.9. The summed E-state index contributed by atoms with van der Waals surface area (Å²) in [4.78, 5) is 57.8. The Morgan fingerprint density at radius 2 is 1.79 bits per heavy atom. The second-order valence-corrected chi connectivity index (χ2v) is 8.69. The van der Waals surface area contributed by atoms with E-state index >= 15 is 0 Å². The summed E-state index contributed by atoms with van der Waals surface area (Å²) < 4.78 is 2.47. The zero-order valence-corrected chi connectivity index (χ0v) is 18.2. The number of thioether (sulfide) groups is 1. The zero-order valence-electron chi connectivity index (χ0n) is 17.3. The van der Waals surface area contributed by atoms with E-state index in [0.717, 1.165) is 16.3 Å². The molecule has 2 aromatic heterocycles. The van der Waals surface area contributed by atoms with Crippen molar-refractivity contribution < 1.29 is 9.59 Å². The van der Waals surface area contributed by atoms with E-state index in [9.17, 15) is 19.2 Å². The van der Waals surface area contributed by atoms with E-state index in [-0.39, 0.29) is 27.9 Å². The van der Waals surface area contributed by atoms with Crippen LogP contribution in [0.3, 0.4) is 0 Å². The molecule has 1 unspecified atom stereocenters. The topological polar surface area (TPSA) is 142 Å². The first-order valence-corrected chi connectivity index (χ1v) is 10.1. The molecular weight excluding hydrogens is 396 g/mol. The second kappa shape index (κ2) is 8.76. The molecule has 0 aliphatic heterocycles. The summed E-state index contributed by atoms with van der Waals surface area (Å²) in [6, 6.07) is -0.952. The van der Waals surface area contributed by atoms with E-state index in [1.54, 1.807) is 20.8 Å². The number of aryl methyl sites for hydroxylation is 1. The summed E-state index contributed by atoms with van der Waals surface area (Å²) >= 11 is 1.05. The number of amides is 3. The van der Waals surface area contributed by atoms with Gasteiger partial charge >= 0.3 is 11.7 Å². The van der Waals surface area contributed by atoms with Crippen molar-refractivity contribution in [3.63, 3.8) is 0 Å². The summed E-state index contributed by atoms with van der Waals surface area (Å²) in [6.07, 6.45) is 0. The Morgan fingerprint density at radius 1 is 1.17 bits per heavy atom. The van der Waals surface area contributed by atoms with Crippen LogP contribution in [0.1, 0.15) is 33.5 Å². The minimum atomic E-state index is -0.952. The van der Waals surface area contributed by atoms with Gasteiger partial charge in [0.1, 0.15) is 16.2 Å². The Hall–Kier alpha value is -2.69. The van der Waals surface area contributed by atoms with Gasteiger partial charge in [-0.25, -0.2) is 19.6 Å². The standard InChI is InChI=1S/C18H26N6O4S/c1-8(2)7-24-13-11(16(26)23(6)18(24)28)15(21-10(5)20-13)29-12(9(3)4)14(25)22-17(19)27/h8-9,12H,7H2,1-6H3,(H3,19,22,25,27). The molecule has 11 heteroatoms. The van der Waals surface area contributed by atoms with Gasteiger partial charge in [-0.15, -0.1) is 0 Å². The summed E-state index contributed by atoms with van der Waals surface area (Å²) in [5, 5.41) is 1.80. The first kappa shape index (κ1) is 22.6. The number of aromatic nitrogens is 4. The Bertz CT molecular complexity index is 1070. The molecule has 158 valence electrons. The third-order valence-electron chi connectivity index (χ3n) is 4.16. The number of nitrogens with one attached hydrogen (secondary N) is 1. The first-order valence-electron chi connectivity index (χ1n) is 9.19. The molecule has 0 saturated heterocycles. The van der Waals surface area contributed by atoms with Gasteiger partial charge in [0.05, 0.1) is 5.25 Å². The lowest BCUT2D eigenvalue weighted by Crippen LogP contribution is -2.42. The number of fused-ring (bicyclic) bond motifs is 1. The number of rotatable bonds is 6. The van der Waals surface area contributed by atoms with Gasteiger partial charge in [-0.3, -0.25) is 24.0 Å². The maximum Gasteiger partial charge on any atom is 0.332 e. The van der Waals surface area contributed by atoms with E-state index in [2.05, 4.69) is 15.3 Å². The number of hydrogen-bond acceptors (Lipinski definition) is 7. The predicted molar refractivity (Wildman–Crippen MR) is 111 cm³/mol. The second-order valence-electron chi connectivity index (χ2n) is 7.56. The molecule has 10 nitrogen and oxygen atoms in total. The van der Waals surface area contributed by atoms with Crippen molar-refractivity contribution in [2.24, 2.45) is 24.6 Å². The van der Waals surface area contributed by atoms with Crippen molar-refractivity contribution in [2.75, 3.05) is 0 Å². The monoisotopic (exact) mass is 422 g/mol. The number of hydrogen-bond donors (Lipinski definition) is 2. The van der Waals surface area contributed by atoms with Crippen molar-refractivity contribution >= 4 is 34.7 Å². The van der Waals surface area contributed by atoms with Gasteiger partial charge in [0.15, 0.2) is 5.65 Å². The van der Waals surface area contributed by atoms with Crippen molar-refractivity contribution in [1.29, 1.82) is 0 Å². The summed E-state index contributed by atoms with van der Waals surface area (Å²) in [5.41, 5.74) is 4.31. The maximum absolute atomic E-state index is 12.9. The first-order chi connectivity index (χ1) is 13.4. The normalized spacial score (nSPS) is 12.6. The third-order valence-corrected chi connectivity index (χ3v) is 5.69. The smallest absolute Gasteiger partial charge is 0.332 e. The molecule has 0 bridgehead atoms. The van der Waals surface area contributed by atoms with Gasteiger partial charge in [0.2, 0.25) is 5.91 Å². The molecule has 1 atom stereocenters.